The van der Waals surface area contributed by atoms with E-state index < -0.39 is 0 Å². The van der Waals surface area contributed by atoms with Crippen molar-refractivity contribution >= 4 is 10.9 Å². The summed E-state index contributed by atoms with van der Waals surface area (Å²) in [6, 6.07) is 5.47. The molecule has 4 aromatic rings. The number of rotatable bonds is 6. The number of hydrogen-bond donors (Lipinski definition) is 0. The van der Waals surface area contributed by atoms with Gasteiger partial charge in [-0.1, -0.05) is 5.16 Å². The smallest absolute Gasteiger partial charge is 0.297 e. The fourth-order valence-corrected chi connectivity index (χ4v) is 3.37. The van der Waals surface area contributed by atoms with E-state index in [4.69, 9.17) is 18.4 Å². The summed E-state index contributed by atoms with van der Waals surface area (Å²) in [4.78, 5) is 17.3. The standard InChI is InChI=1S/C21H22N4O5/c1-6-28-16-8-7-14(9-17(16)27-5)20-22-15(12(3)29-20)10-25-21(26)19-18(11(2)23-25)13(4)30-24-19/h7-9H,6,10H2,1-5H3. The molecule has 30 heavy (non-hydrogen) atoms. The summed E-state index contributed by atoms with van der Waals surface area (Å²) in [5, 5.41) is 8.93. The zero-order valence-corrected chi connectivity index (χ0v) is 17.5. The van der Waals surface area contributed by atoms with Crippen molar-refractivity contribution in [2.75, 3.05) is 13.7 Å². The number of nitrogens with zero attached hydrogens (tertiary/aromatic N) is 4. The Labute approximate surface area is 172 Å². The van der Waals surface area contributed by atoms with Crippen LogP contribution < -0.4 is 15.0 Å². The van der Waals surface area contributed by atoms with Crippen LogP contribution in [0.4, 0.5) is 0 Å². The Morgan fingerprint density at radius 2 is 1.93 bits per heavy atom. The van der Waals surface area contributed by atoms with Crippen LogP contribution in [-0.4, -0.2) is 33.6 Å². The third-order valence-electron chi connectivity index (χ3n) is 4.83. The van der Waals surface area contributed by atoms with Crippen LogP contribution in [-0.2, 0) is 6.54 Å². The molecule has 156 valence electrons. The predicted molar refractivity (Wildman–Crippen MR) is 109 cm³/mol. The Balaban J connectivity index is 1.70. The molecule has 0 saturated heterocycles. The maximum Gasteiger partial charge on any atom is 0.297 e. The zero-order valence-electron chi connectivity index (χ0n) is 17.5. The molecule has 1 aromatic carbocycles. The molecule has 0 bridgehead atoms. The van der Waals surface area contributed by atoms with Gasteiger partial charge in [0.05, 0.1) is 31.3 Å². The summed E-state index contributed by atoms with van der Waals surface area (Å²) in [7, 11) is 1.58. The summed E-state index contributed by atoms with van der Waals surface area (Å²) in [6.45, 7) is 7.98. The predicted octanol–water partition coefficient (Wildman–Crippen LogP) is 3.42. The van der Waals surface area contributed by atoms with Gasteiger partial charge in [-0.25, -0.2) is 9.67 Å². The second-order valence-electron chi connectivity index (χ2n) is 6.83. The first-order valence-corrected chi connectivity index (χ1v) is 9.54. The Bertz CT molecular complexity index is 1280. The molecule has 0 spiro atoms. The summed E-state index contributed by atoms with van der Waals surface area (Å²) >= 11 is 0. The minimum atomic E-state index is -0.334. The van der Waals surface area contributed by atoms with E-state index in [0.29, 0.717) is 52.3 Å². The summed E-state index contributed by atoms with van der Waals surface area (Å²) in [6.07, 6.45) is 0. The maximum atomic E-state index is 12.8. The maximum absolute atomic E-state index is 12.8. The highest BCUT2D eigenvalue weighted by molar-refractivity contribution is 5.81. The number of benzene rings is 1. The van der Waals surface area contributed by atoms with Gasteiger partial charge in [-0.3, -0.25) is 4.79 Å². The van der Waals surface area contributed by atoms with Crippen molar-refractivity contribution < 1.29 is 18.4 Å². The molecule has 0 aliphatic rings. The van der Waals surface area contributed by atoms with Gasteiger partial charge in [0.2, 0.25) is 5.89 Å². The average Bonchev–Trinajstić information content (AvgIpc) is 3.30. The molecule has 4 rings (SSSR count). The van der Waals surface area contributed by atoms with E-state index in [-0.39, 0.29) is 17.6 Å². The number of aryl methyl sites for hydroxylation is 3. The first-order chi connectivity index (χ1) is 14.4. The lowest BCUT2D eigenvalue weighted by molar-refractivity contribution is 0.311. The van der Waals surface area contributed by atoms with Crippen LogP contribution in [0.5, 0.6) is 11.5 Å². The van der Waals surface area contributed by atoms with E-state index in [1.165, 1.54) is 4.68 Å². The third kappa shape index (κ3) is 3.32. The topological polar surface area (TPSA) is 105 Å². The molecule has 3 aromatic heterocycles. The molecule has 0 radical (unpaired) electrons. The van der Waals surface area contributed by atoms with Gasteiger partial charge >= 0.3 is 0 Å². The Morgan fingerprint density at radius 1 is 1.13 bits per heavy atom. The molecule has 0 amide bonds. The number of aromatic nitrogens is 4. The van der Waals surface area contributed by atoms with Gasteiger partial charge in [0.1, 0.15) is 17.2 Å². The number of methoxy groups -OCH3 is 1. The molecule has 0 atom stereocenters. The largest absolute Gasteiger partial charge is 0.493 e. The third-order valence-corrected chi connectivity index (χ3v) is 4.83. The number of ether oxygens (including phenoxy) is 2. The van der Waals surface area contributed by atoms with E-state index >= 15 is 0 Å². The van der Waals surface area contributed by atoms with Gasteiger partial charge in [0.25, 0.3) is 5.56 Å². The van der Waals surface area contributed by atoms with Gasteiger partial charge in [-0.2, -0.15) is 5.10 Å². The summed E-state index contributed by atoms with van der Waals surface area (Å²) in [5.74, 6) is 2.83. The van der Waals surface area contributed by atoms with Crippen molar-refractivity contribution in [3.05, 3.63) is 51.5 Å². The van der Waals surface area contributed by atoms with Gasteiger partial charge in [-0.15, -0.1) is 0 Å². The van der Waals surface area contributed by atoms with Gasteiger partial charge < -0.3 is 18.4 Å². The van der Waals surface area contributed by atoms with Crippen molar-refractivity contribution in [3.63, 3.8) is 0 Å². The molecule has 0 aliphatic heterocycles. The molecule has 9 heteroatoms. The molecular formula is C21H22N4O5. The van der Waals surface area contributed by atoms with Gasteiger partial charge in [0.15, 0.2) is 17.0 Å². The molecule has 3 heterocycles. The Hall–Kier alpha value is -3.62. The normalized spacial score (nSPS) is 11.2. The van der Waals surface area contributed by atoms with Crippen LogP contribution in [0.3, 0.4) is 0 Å². The molecule has 0 N–H and O–H groups in total. The van der Waals surface area contributed by atoms with Crippen molar-refractivity contribution in [1.29, 1.82) is 0 Å². The number of fused-ring (bicyclic) bond motifs is 1. The quantitative estimate of drug-likeness (QED) is 0.476. The van der Waals surface area contributed by atoms with Crippen molar-refractivity contribution in [3.8, 4) is 23.0 Å². The van der Waals surface area contributed by atoms with Crippen molar-refractivity contribution in [2.24, 2.45) is 0 Å². The van der Waals surface area contributed by atoms with Crippen LogP contribution >= 0.6 is 0 Å². The fraction of sp³-hybridized carbons (Fsp3) is 0.333. The lowest BCUT2D eigenvalue weighted by Gasteiger charge is -2.09. The van der Waals surface area contributed by atoms with Crippen LogP contribution in [0.15, 0.2) is 31.9 Å². The van der Waals surface area contributed by atoms with E-state index in [2.05, 4.69) is 15.2 Å². The van der Waals surface area contributed by atoms with Crippen LogP contribution in [0.2, 0.25) is 0 Å². The highest BCUT2D eigenvalue weighted by atomic mass is 16.5. The highest BCUT2D eigenvalue weighted by Gasteiger charge is 2.19. The van der Waals surface area contributed by atoms with E-state index in [1.54, 1.807) is 27.0 Å². The van der Waals surface area contributed by atoms with Gasteiger partial charge in [-0.05, 0) is 45.9 Å². The first-order valence-electron chi connectivity index (χ1n) is 9.54. The molecular weight excluding hydrogens is 388 g/mol. The molecule has 0 saturated carbocycles. The van der Waals surface area contributed by atoms with Crippen LogP contribution in [0.25, 0.3) is 22.4 Å². The summed E-state index contributed by atoms with van der Waals surface area (Å²) in [5.41, 5.74) is 1.94. The molecule has 9 nitrogen and oxygen atoms in total. The molecule has 0 fully saturated rings. The minimum Gasteiger partial charge on any atom is -0.493 e. The lowest BCUT2D eigenvalue weighted by atomic mass is 10.2. The van der Waals surface area contributed by atoms with E-state index in [0.717, 1.165) is 5.56 Å². The average molecular weight is 410 g/mol. The number of oxazole rings is 1. The van der Waals surface area contributed by atoms with Crippen molar-refractivity contribution in [2.45, 2.75) is 34.2 Å². The zero-order chi connectivity index (χ0) is 21.4. The van der Waals surface area contributed by atoms with Crippen LogP contribution in [0.1, 0.15) is 29.8 Å². The van der Waals surface area contributed by atoms with E-state index in [9.17, 15) is 4.79 Å². The van der Waals surface area contributed by atoms with Crippen LogP contribution in [0, 0.1) is 20.8 Å². The second kappa shape index (κ2) is 7.66. The molecule has 0 unspecified atom stereocenters. The minimum absolute atomic E-state index is 0.158. The Morgan fingerprint density at radius 3 is 2.67 bits per heavy atom. The highest BCUT2D eigenvalue weighted by Crippen LogP contribution is 2.33. The fourth-order valence-electron chi connectivity index (χ4n) is 3.37. The SMILES string of the molecule is CCOc1ccc(-c2nc(Cn3nc(C)c4c(C)onc4c3=O)c(C)o2)cc1OC. The summed E-state index contributed by atoms with van der Waals surface area (Å²) < 4.78 is 23.3. The van der Waals surface area contributed by atoms with E-state index in [1.807, 2.05) is 26.0 Å². The second-order valence-corrected chi connectivity index (χ2v) is 6.83. The number of hydrogen-bond acceptors (Lipinski definition) is 8. The molecule has 0 aliphatic carbocycles. The monoisotopic (exact) mass is 410 g/mol. The first kappa shape index (κ1) is 19.7. The van der Waals surface area contributed by atoms with Gasteiger partial charge in [0, 0.05) is 5.56 Å². The lowest BCUT2D eigenvalue weighted by Crippen LogP contribution is -2.25. The Kier molecular flexibility index (Phi) is 5.03. The van der Waals surface area contributed by atoms with Crippen molar-refractivity contribution in [1.82, 2.24) is 19.9 Å².